The Morgan fingerprint density at radius 3 is 1.66 bits per heavy atom. The van der Waals surface area contributed by atoms with Crippen LogP contribution in [0.2, 0.25) is 0 Å². The third-order valence-electron chi connectivity index (χ3n) is 19.0. The van der Waals surface area contributed by atoms with Gasteiger partial charge in [0.2, 0.25) is 0 Å². The third kappa shape index (κ3) is 8.02. The quantitative estimate of drug-likeness (QED) is 0.142. The predicted molar refractivity (Wildman–Crippen MR) is 381 cm³/mol. The van der Waals surface area contributed by atoms with Crippen LogP contribution in [-0.2, 0) is 10.8 Å². The minimum atomic E-state index is -0.700. The van der Waals surface area contributed by atoms with Crippen molar-refractivity contribution in [2.75, 3.05) is 9.80 Å². The monoisotopic (exact) mass is 1190 g/mol. The molecule has 0 bridgehead atoms. The Balaban J connectivity index is 0.887. The lowest BCUT2D eigenvalue weighted by molar-refractivity contribution is 0.683. The number of anilines is 6. The van der Waals surface area contributed by atoms with Crippen LogP contribution in [0.15, 0.2) is 307 Å². The molecule has 2 aromatic heterocycles. The molecule has 2 nitrogen and oxygen atoms in total. The Morgan fingerprint density at radius 2 is 0.910 bits per heavy atom. The van der Waals surface area contributed by atoms with Crippen molar-refractivity contribution in [1.29, 1.82) is 0 Å². The zero-order chi connectivity index (χ0) is 59.0. The van der Waals surface area contributed by atoms with E-state index in [4.69, 9.17) is 0 Å². The molecule has 0 saturated heterocycles. The fourth-order valence-corrected chi connectivity index (χ4v) is 18.7. The number of rotatable bonds is 9. The average molecular weight is 1190 g/mol. The molecule has 2 aliphatic carbocycles. The predicted octanol–water partition coefficient (Wildman–Crippen LogP) is 24.5. The fourth-order valence-electron chi connectivity index (χ4n) is 14.9. The first-order valence-corrected chi connectivity index (χ1v) is 33.1. The molecule has 5 heteroatoms. The van der Waals surface area contributed by atoms with E-state index in [0.717, 1.165) is 34.1 Å². The van der Waals surface area contributed by atoms with Crippen molar-refractivity contribution in [2.45, 2.75) is 34.5 Å². The molecule has 1 spiro atoms. The van der Waals surface area contributed by atoms with E-state index in [0.29, 0.717) is 0 Å². The van der Waals surface area contributed by atoms with Crippen molar-refractivity contribution in [3.05, 3.63) is 331 Å². The molecule has 0 radical (unpaired) electrons. The molecule has 89 heavy (non-hydrogen) atoms. The maximum Gasteiger partial charge on any atom is 0.0736 e. The Morgan fingerprint density at radius 1 is 0.326 bits per heavy atom. The van der Waals surface area contributed by atoms with Gasteiger partial charge >= 0.3 is 0 Å². The summed E-state index contributed by atoms with van der Waals surface area (Å²) in [6.45, 7) is 4.65. The zero-order valence-corrected chi connectivity index (χ0v) is 51.4. The summed E-state index contributed by atoms with van der Waals surface area (Å²) < 4.78 is 5.14. The van der Waals surface area contributed by atoms with Gasteiger partial charge in [-0.3, -0.25) is 0 Å². The molecule has 0 unspecified atom stereocenters. The van der Waals surface area contributed by atoms with Crippen molar-refractivity contribution in [1.82, 2.24) is 0 Å². The van der Waals surface area contributed by atoms with Crippen molar-refractivity contribution < 1.29 is 0 Å². The topological polar surface area (TPSA) is 6.48 Å². The first-order chi connectivity index (χ1) is 43.9. The largest absolute Gasteiger partial charge is 0.310 e. The van der Waals surface area contributed by atoms with Crippen LogP contribution in [0, 0.1) is 0 Å². The van der Waals surface area contributed by atoms with Crippen LogP contribution >= 0.6 is 34.4 Å². The normalized spacial score (nSPS) is 13.8. The second-order valence-corrected chi connectivity index (χ2v) is 27.5. The Labute approximate surface area is 530 Å². The molecule has 3 aliphatic rings. The van der Waals surface area contributed by atoms with Crippen molar-refractivity contribution in [2.24, 2.45) is 0 Å². The molecular weight excluding hydrogens is 1130 g/mol. The number of thiophene rings is 2. The molecule has 18 rings (SSSR count). The maximum absolute atomic E-state index is 2.56. The van der Waals surface area contributed by atoms with Crippen LogP contribution in [0.3, 0.4) is 0 Å². The third-order valence-corrected chi connectivity index (χ3v) is 22.6. The highest BCUT2D eigenvalue weighted by Gasteiger charge is 2.51. The first kappa shape index (κ1) is 52.1. The fraction of sp³-hybridized carbons (Fsp3) is 0.0476. The van der Waals surface area contributed by atoms with E-state index in [1.807, 2.05) is 34.4 Å². The molecule has 1 aliphatic heterocycles. The van der Waals surface area contributed by atoms with Gasteiger partial charge in [-0.25, -0.2) is 0 Å². The molecule has 420 valence electrons. The minimum Gasteiger partial charge on any atom is -0.310 e. The highest BCUT2D eigenvalue weighted by molar-refractivity contribution is 7.99. The van der Waals surface area contributed by atoms with E-state index in [2.05, 4.69) is 327 Å². The SMILES string of the molecule is CC1(C)C=Cc2cc(N(c3ccc4c(c3)C3(c5ccccc5-c5ccccc53)c3cccc(N(c5ccccc5)c5ccc(-c6ccccc6)c6sc7ccccc7c56)c3S4)c3cc(-c4ccc(-c5ccccc5)cc4)c4sc5ccccc5c4c3)ccc21. The second kappa shape index (κ2) is 20.3. The molecule has 3 heterocycles. The molecular formula is C84H56N2S3. The summed E-state index contributed by atoms with van der Waals surface area (Å²) in [6.07, 6.45) is 4.69. The van der Waals surface area contributed by atoms with E-state index in [1.165, 1.54) is 128 Å². The van der Waals surface area contributed by atoms with Crippen LogP contribution < -0.4 is 9.80 Å². The van der Waals surface area contributed by atoms with Gasteiger partial charge in [-0.15, -0.1) is 22.7 Å². The van der Waals surface area contributed by atoms with Gasteiger partial charge in [0.05, 0.1) is 16.8 Å². The van der Waals surface area contributed by atoms with E-state index in [9.17, 15) is 0 Å². The molecule has 0 N–H and O–H groups in total. The Hall–Kier alpha value is -10.0. The molecule has 13 aromatic carbocycles. The number of hydrogen-bond donors (Lipinski definition) is 0. The van der Waals surface area contributed by atoms with E-state index in [-0.39, 0.29) is 5.41 Å². The Bertz CT molecular complexity index is 5340. The van der Waals surface area contributed by atoms with Crippen molar-refractivity contribution in [3.8, 4) is 44.5 Å². The van der Waals surface area contributed by atoms with Crippen molar-refractivity contribution in [3.63, 3.8) is 0 Å². The van der Waals surface area contributed by atoms with E-state index in [1.54, 1.807) is 0 Å². The molecule has 0 fully saturated rings. The number of allylic oxidation sites excluding steroid dienone is 1. The van der Waals surface area contributed by atoms with Gasteiger partial charge in [-0.05, 0) is 151 Å². The van der Waals surface area contributed by atoms with Gasteiger partial charge in [-0.1, -0.05) is 250 Å². The highest BCUT2D eigenvalue weighted by Crippen LogP contribution is 2.65. The van der Waals surface area contributed by atoms with Crippen LogP contribution in [0.25, 0.3) is 90.9 Å². The van der Waals surface area contributed by atoms with E-state index < -0.39 is 5.41 Å². The summed E-state index contributed by atoms with van der Waals surface area (Å²) in [5.41, 5.74) is 23.6. The second-order valence-electron chi connectivity index (χ2n) is 24.3. The minimum absolute atomic E-state index is 0.0671. The van der Waals surface area contributed by atoms with Gasteiger partial charge in [0.15, 0.2) is 0 Å². The van der Waals surface area contributed by atoms with Gasteiger partial charge in [0.1, 0.15) is 0 Å². The van der Waals surface area contributed by atoms with Crippen molar-refractivity contribution >= 4 is 115 Å². The van der Waals surface area contributed by atoms with Gasteiger partial charge in [-0.2, -0.15) is 0 Å². The number of para-hydroxylation sites is 1. The molecule has 15 aromatic rings. The Kier molecular flexibility index (Phi) is 11.9. The summed E-state index contributed by atoms with van der Waals surface area (Å²) in [4.78, 5) is 7.59. The lowest BCUT2D eigenvalue weighted by Crippen LogP contribution is -2.33. The maximum atomic E-state index is 2.56. The van der Waals surface area contributed by atoms with Crippen LogP contribution in [0.4, 0.5) is 34.1 Å². The van der Waals surface area contributed by atoms with E-state index >= 15 is 0 Å². The molecule has 0 saturated carbocycles. The number of nitrogens with zero attached hydrogens (tertiary/aromatic N) is 2. The summed E-state index contributed by atoms with van der Waals surface area (Å²) in [7, 11) is 0. The summed E-state index contributed by atoms with van der Waals surface area (Å²) in [5, 5.41) is 5.05. The van der Waals surface area contributed by atoms with Crippen LogP contribution in [0.5, 0.6) is 0 Å². The number of benzene rings is 13. The van der Waals surface area contributed by atoms with Gasteiger partial charge < -0.3 is 9.80 Å². The number of fused-ring (bicyclic) bond motifs is 16. The smallest absolute Gasteiger partial charge is 0.0736 e. The molecule has 0 amide bonds. The van der Waals surface area contributed by atoms with Gasteiger partial charge in [0.25, 0.3) is 0 Å². The lowest BCUT2D eigenvalue weighted by atomic mass is 9.67. The van der Waals surface area contributed by atoms with Crippen LogP contribution in [-0.4, -0.2) is 0 Å². The standard InChI is InChI=1S/C84H56N2S3/c1-83(2)48-47-57-49-59(41-44-69(57)83)85(61-50-67(80-68(51-61)65-29-14-18-35-76(65)87-80)56-39-37-54(38-40-56)53-21-6-3-7-22-53)60-42-46-78-73(52-60)84(70-31-16-12-27-63(70)64-28-13-17-32-71(64)84)72-33-20-34-75(82(72)89-78)86(58-25-10-5-11-26-58)74-45-43-62(55-23-8-4-9-24-55)81-79(74)66-30-15-19-36-77(66)88-81/h3-52H,1-2H3. The summed E-state index contributed by atoms with van der Waals surface area (Å²) in [5.74, 6) is 0. The first-order valence-electron chi connectivity index (χ1n) is 30.6. The summed E-state index contributed by atoms with van der Waals surface area (Å²) in [6, 6.07) is 110. The van der Waals surface area contributed by atoms with Crippen LogP contribution in [0.1, 0.15) is 47.2 Å². The van der Waals surface area contributed by atoms with Gasteiger partial charge in [0, 0.05) is 83.9 Å². The zero-order valence-electron chi connectivity index (χ0n) is 49.0. The average Bonchev–Trinajstić information content (AvgIpc) is 1.60. The number of hydrogen-bond acceptors (Lipinski definition) is 5. The highest BCUT2D eigenvalue weighted by atomic mass is 32.2. The lowest BCUT2D eigenvalue weighted by Gasteiger charge is -2.42. The molecule has 0 atom stereocenters. The summed E-state index contributed by atoms with van der Waals surface area (Å²) >= 11 is 5.70.